The van der Waals surface area contributed by atoms with Gasteiger partial charge in [0.1, 0.15) is 5.75 Å². The quantitative estimate of drug-likeness (QED) is 0.691. The first-order valence-electron chi connectivity index (χ1n) is 3.85. The van der Waals surface area contributed by atoms with Gasteiger partial charge in [-0.25, -0.2) is 0 Å². The normalized spacial score (nSPS) is 9.46. The van der Waals surface area contributed by atoms with Crippen LogP contribution in [-0.4, -0.2) is 7.11 Å². The molecule has 68 valence electrons. The molecule has 3 heteroatoms. The lowest BCUT2D eigenvalue weighted by Crippen LogP contribution is -1.94. The van der Waals surface area contributed by atoms with E-state index in [2.05, 4.69) is 6.07 Å². The molecule has 0 aliphatic rings. The van der Waals surface area contributed by atoms with E-state index in [0.717, 1.165) is 11.1 Å². The summed E-state index contributed by atoms with van der Waals surface area (Å²) >= 11 is 5.92. The summed E-state index contributed by atoms with van der Waals surface area (Å²) in [6.07, 6.45) is 0. The SMILES string of the molecule is COc1c(C)c(Cl)cc(C#N)c1C. The topological polar surface area (TPSA) is 33.0 Å². The highest BCUT2D eigenvalue weighted by molar-refractivity contribution is 6.31. The van der Waals surface area contributed by atoms with Crippen LogP contribution in [0.2, 0.25) is 5.02 Å². The Labute approximate surface area is 82.7 Å². The Bertz CT molecular complexity index is 379. The van der Waals surface area contributed by atoms with Crippen LogP contribution in [-0.2, 0) is 0 Å². The van der Waals surface area contributed by atoms with Gasteiger partial charge in [0.15, 0.2) is 0 Å². The van der Waals surface area contributed by atoms with Gasteiger partial charge >= 0.3 is 0 Å². The van der Waals surface area contributed by atoms with Crippen molar-refractivity contribution in [2.45, 2.75) is 13.8 Å². The molecular formula is C10H10ClNO. The van der Waals surface area contributed by atoms with Gasteiger partial charge in [-0.1, -0.05) is 11.6 Å². The van der Waals surface area contributed by atoms with E-state index in [1.54, 1.807) is 13.2 Å². The molecule has 1 aromatic rings. The Morgan fingerprint density at radius 3 is 2.46 bits per heavy atom. The molecule has 0 N–H and O–H groups in total. The zero-order chi connectivity index (χ0) is 10.0. The lowest BCUT2D eigenvalue weighted by atomic mass is 10.0. The zero-order valence-corrected chi connectivity index (χ0v) is 8.57. The van der Waals surface area contributed by atoms with Gasteiger partial charge in [0.2, 0.25) is 0 Å². The van der Waals surface area contributed by atoms with E-state index >= 15 is 0 Å². The van der Waals surface area contributed by atoms with Crippen molar-refractivity contribution in [1.29, 1.82) is 5.26 Å². The van der Waals surface area contributed by atoms with Gasteiger partial charge in [-0.3, -0.25) is 0 Å². The number of rotatable bonds is 1. The Morgan fingerprint density at radius 2 is 2.00 bits per heavy atom. The van der Waals surface area contributed by atoms with Crippen LogP contribution in [0.1, 0.15) is 16.7 Å². The van der Waals surface area contributed by atoms with Crippen molar-refractivity contribution >= 4 is 11.6 Å². The molecule has 0 saturated carbocycles. The van der Waals surface area contributed by atoms with E-state index in [1.165, 1.54) is 0 Å². The number of benzene rings is 1. The van der Waals surface area contributed by atoms with Gasteiger partial charge in [-0.15, -0.1) is 0 Å². The van der Waals surface area contributed by atoms with Crippen molar-refractivity contribution in [2.24, 2.45) is 0 Å². The van der Waals surface area contributed by atoms with Crippen molar-refractivity contribution in [1.82, 2.24) is 0 Å². The molecule has 0 fully saturated rings. The lowest BCUT2D eigenvalue weighted by molar-refractivity contribution is 0.408. The Morgan fingerprint density at radius 1 is 1.38 bits per heavy atom. The van der Waals surface area contributed by atoms with Crippen LogP contribution in [0.15, 0.2) is 6.07 Å². The van der Waals surface area contributed by atoms with Crippen molar-refractivity contribution in [3.05, 3.63) is 27.8 Å². The van der Waals surface area contributed by atoms with Crippen LogP contribution >= 0.6 is 11.6 Å². The molecule has 0 atom stereocenters. The second kappa shape index (κ2) is 3.68. The fourth-order valence-electron chi connectivity index (χ4n) is 1.28. The summed E-state index contributed by atoms with van der Waals surface area (Å²) in [7, 11) is 1.58. The third-order valence-electron chi connectivity index (χ3n) is 2.04. The number of halogens is 1. The van der Waals surface area contributed by atoms with Crippen molar-refractivity contribution in [3.8, 4) is 11.8 Å². The number of ether oxygens (including phenoxy) is 1. The average Bonchev–Trinajstić information content (AvgIpc) is 2.12. The first-order chi connectivity index (χ1) is 6.11. The molecular weight excluding hydrogens is 186 g/mol. The van der Waals surface area contributed by atoms with E-state index in [0.29, 0.717) is 16.3 Å². The second-order valence-electron chi connectivity index (χ2n) is 2.80. The fourth-order valence-corrected chi connectivity index (χ4v) is 1.47. The Balaban J connectivity index is 3.50. The number of hydrogen-bond acceptors (Lipinski definition) is 2. The molecule has 13 heavy (non-hydrogen) atoms. The molecule has 1 rings (SSSR count). The predicted molar refractivity (Wildman–Crippen MR) is 52.2 cm³/mol. The summed E-state index contributed by atoms with van der Waals surface area (Å²) in [5, 5.41) is 9.36. The summed E-state index contributed by atoms with van der Waals surface area (Å²) in [6.45, 7) is 3.72. The first kappa shape index (κ1) is 9.88. The maximum absolute atomic E-state index is 8.79. The monoisotopic (exact) mass is 195 g/mol. The predicted octanol–water partition coefficient (Wildman–Crippen LogP) is 2.84. The molecule has 0 heterocycles. The fraction of sp³-hybridized carbons (Fsp3) is 0.300. The minimum atomic E-state index is 0.562. The number of nitrogens with zero attached hydrogens (tertiary/aromatic N) is 1. The second-order valence-corrected chi connectivity index (χ2v) is 3.21. The lowest BCUT2D eigenvalue weighted by Gasteiger charge is -2.10. The summed E-state index contributed by atoms with van der Waals surface area (Å²) in [4.78, 5) is 0. The standard InChI is InChI=1S/C10H10ClNO/c1-6-8(5-12)4-9(11)7(2)10(6)13-3/h4H,1-3H3. The van der Waals surface area contributed by atoms with Crippen LogP contribution in [0.3, 0.4) is 0 Å². The van der Waals surface area contributed by atoms with Crippen molar-refractivity contribution < 1.29 is 4.74 Å². The molecule has 0 unspecified atom stereocenters. The highest BCUT2D eigenvalue weighted by Gasteiger charge is 2.11. The van der Waals surface area contributed by atoms with Crippen LogP contribution < -0.4 is 4.74 Å². The maximum atomic E-state index is 8.79. The molecule has 0 aliphatic heterocycles. The molecule has 0 amide bonds. The van der Waals surface area contributed by atoms with Crippen LogP contribution in [0.5, 0.6) is 5.75 Å². The molecule has 0 aromatic heterocycles. The van der Waals surface area contributed by atoms with Gasteiger partial charge < -0.3 is 4.74 Å². The van der Waals surface area contributed by atoms with Gasteiger partial charge in [0.05, 0.1) is 18.7 Å². The van der Waals surface area contributed by atoms with Crippen LogP contribution in [0.4, 0.5) is 0 Å². The average molecular weight is 196 g/mol. The van der Waals surface area contributed by atoms with E-state index in [1.807, 2.05) is 13.8 Å². The van der Waals surface area contributed by atoms with Crippen LogP contribution in [0, 0.1) is 25.2 Å². The minimum Gasteiger partial charge on any atom is -0.496 e. The number of nitriles is 1. The molecule has 1 aromatic carbocycles. The molecule has 0 bridgehead atoms. The van der Waals surface area contributed by atoms with Gasteiger partial charge in [0.25, 0.3) is 0 Å². The van der Waals surface area contributed by atoms with E-state index in [9.17, 15) is 0 Å². The van der Waals surface area contributed by atoms with Gasteiger partial charge in [0, 0.05) is 16.1 Å². The smallest absolute Gasteiger partial charge is 0.127 e. The molecule has 0 aliphatic carbocycles. The number of hydrogen-bond donors (Lipinski definition) is 0. The summed E-state index contributed by atoms with van der Waals surface area (Å²) in [5.74, 6) is 0.698. The highest BCUT2D eigenvalue weighted by atomic mass is 35.5. The third kappa shape index (κ3) is 1.61. The largest absolute Gasteiger partial charge is 0.496 e. The molecule has 0 saturated heterocycles. The summed E-state index contributed by atoms with van der Waals surface area (Å²) in [5.41, 5.74) is 2.28. The number of methoxy groups -OCH3 is 1. The van der Waals surface area contributed by atoms with Crippen molar-refractivity contribution in [3.63, 3.8) is 0 Å². The zero-order valence-electron chi connectivity index (χ0n) is 7.81. The van der Waals surface area contributed by atoms with E-state index < -0.39 is 0 Å². The van der Waals surface area contributed by atoms with Crippen molar-refractivity contribution in [2.75, 3.05) is 7.11 Å². The molecule has 2 nitrogen and oxygen atoms in total. The third-order valence-corrected chi connectivity index (χ3v) is 2.43. The van der Waals surface area contributed by atoms with E-state index in [-0.39, 0.29) is 0 Å². The maximum Gasteiger partial charge on any atom is 0.127 e. The first-order valence-corrected chi connectivity index (χ1v) is 4.23. The van der Waals surface area contributed by atoms with Gasteiger partial charge in [-0.2, -0.15) is 5.26 Å². The van der Waals surface area contributed by atoms with Crippen LogP contribution in [0.25, 0.3) is 0 Å². The minimum absolute atomic E-state index is 0.562. The molecule has 0 spiro atoms. The van der Waals surface area contributed by atoms with Gasteiger partial charge in [-0.05, 0) is 19.9 Å². The Hall–Kier alpha value is -1.20. The molecule has 0 radical (unpaired) electrons. The summed E-state index contributed by atoms with van der Waals surface area (Å²) in [6, 6.07) is 3.74. The highest BCUT2D eigenvalue weighted by Crippen LogP contribution is 2.31. The summed E-state index contributed by atoms with van der Waals surface area (Å²) < 4.78 is 5.16. The van der Waals surface area contributed by atoms with E-state index in [4.69, 9.17) is 21.6 Å². The Kier molecular flexibility index (Phi) is 2.79.